The largest absolute Gasteiger partial charge is 0.369 e. The summed E-state index contributed by atoms with van der Waals surface area (Å²) >= 11 is 5.15. The van der Waals surface area contributed by atoms with Crippen LogP contribution in [0.3, 0.4) is 0 Å². The Hall–Kier alpha value is -1.07. The molecule has 1 aromatic heterocycles. The highest BCUT2D eigenvalue weighted by Crippen LogP contribution is 2.22. The summed E-state index contributed by atoms with van der Waals surface area (Å²) in [6.45, 7) is 2.70. The summed E-state index contributed by atoms with van der Waals surface area (Å²) in [5, 5.41) is 10.00. The Balaban J connectivity index is 0.00000261. The molecule has 3 rings (SSSR count). The molecule has 0 amide bonds. The zero-order valence-corrected chi connectivity index (χ0v) is 20.5. The van der Waals surface area contributed by atoms with E-state index < -0.39 is 0 Å². The molecule has 148 valence electrons. The molecular formula is C18H26BrIN6S. The van der Waals surface area contributed by atoms with Crippen LogP contribution in [0.15, 0.2) is 39.1 Å². The third kappa shape index (κ3) is 6.21. The van der Waals surface area contributed by atoms with Gasteiger partial charge in [-0.25, -0.2) is 4.98 Å². The lowest BCUT2D eigenvalue weighted by Gasteiger charge is -2.20. The van der Waals surface area contributed by atoms with E-state index in [2.05, 4.69) is 71.1 Å². The summed E-state index contributed by atoms with van der Waals surface area (Å²) in [6, 6.07) is 8.88. The Bertz CT molecular complexity index is 749. The average Bonchev–Trinajstić information content (AvgIpc) is 3.29. The fraction of sp³-hybridized carbons (Fsp3) is 0.444. The standard InChI is InChI=1S/C18H25BrN6S.HI/c1-20-17(21-10-15-12-26-18(23-15)24(2)3)22-14-8-9-25(11-14)16-6-4-13(19)5-7-16;/h4-7,12,14H,8-11H2,1-3H3,(H2,20,21,22);1H. The summed E-state index contributed by atoms with van der Waals surface area (Å²) in [4.78, 5) is 13.4. The van der Waals surface area contributed by atoms with Crippen molar-refractivity contribution in [3.05, 3.63) is 39.8 Å². The van der Waals surface area contributed by atoms with E-state index in [0.29, 0.717) is 12.6 Å². The Morgan fingerprint density at radius 2 is 2.11 bits per heavy atom. The minimum atomic E-state index is 0. The van der Waals surface area contributed by atoms with Gasteiger partial charge in [0.1, 0.15) is 0 Å². The van der Waals surface area contributed by atoms with Gasteiger partial charge in [0, 0.05) is 55.8 Å². The molecule has 2 N–H and O–H groups in total. The number of aliphatic imine (C=N–C) groups is 1. The van der Waals surface area contributed by atoms with Gasteiger partial charge in [0.25, 0.3) is 0 Å². The van der Waals surface area contributed by atoms with Crippen molar-refractivity contribution in [3.63, 3.8) is 0 Å². The number of thiazole rings is 1. The van der Waals surface area contributed by atoms with Gasteiger partial charge in [-0.05, 0) is 30.7 Å². The molecule has 2 aromatic rings. The molecule has 0 aliphatic carbocycles. The van der Waals surface area contributed by atoms with Gasteiger partial charge >= 0.3 is 0 Å². The van der Waals surface area contributed by atoms with Crippen molar-refractivity contribution >= 4 is 68.0 Å². The van der Waals surface area contributed by atoms with Crippen molar-refractivity contribution in [3.8, 4) is 0 Å². The fourth-order valence-corrected chi connectivity index (χ4v) is 3.93. The van der Waals surface area contributed by atoms with E-state index in [1.807, 2.05) is 26.0 Å². The van der Waals surface area contributed by atoms with Gasteiger partial charge in [-0.3, -0.25) is 4.99 Å². The number of nitrogens with zero attached hydrogens (tertiary/aromatic N) is 4. The van der Waals surface area contributed by atoms with E-state index in [1.54, 1.807) is 11.3 Å². The highest BCUT2D eigenvalue weighted by Gasteiger charge is 2.23. The molecular weight excluding hydrogens is 539 g/mol. The van der Waals surface area contributed by atoms with E-state index in [4.69, 9.17) is 0 Å². The van der Waals surface area contributed by atoms with Gasteiger partial charge in [-0.2, -0.15) is 0 Å². The molecule has 1 unspecified atom stereocenters. The second-order valence-corrected chi connectivity index (χ2v) is 8.25. The number of anilines is 2. The maximum atomic E-state index is 4.59. The van der Waals surface area contributed by atoms with Crippen molar-refractivity contribution in [2.75, 3.05) is 44.0 Å². The highest BCUT2D eigenvalue weighted by molar-refractivity contribution is 14.0. The predicted octanol–water partition coefficient (Wildman–Crippen LogP) is 3.53. The lowest BCUT2D eigenvalue weighted by Crippen LogP contribution is -2.44. The first-order valence-electron chi connectivity index (χ1n) is 8.64. The Morgan fingerprint density at radius 1 is 1.37 bits per heavy atom. The fourth-order valence-electron chi connectivity index (χ4n) is 2.91. The quantitative estimate of drug-likeness (QED) is 0.330. The molecule has 1 aliphatic heterocycles. The van der Waals surface area contributed by atoms with Gasteiger partial charge in [0.05, 0.1) is 12.2 Å². The summed E-state index contributed by atoms with van der Waals surface area (Å²) in [5.41, 5.74) is 2.30. The van der Waals surface area contributed by atoms with Gasteiger partial charge in [0.2, 0.25) is 0 Å². The molecule has 27 heavy (non-hydrogen) atoms. The second-order valence-electron chi connectivity index (χ2n) is 6.49. The molecule has 0 spiro atoms. The van der Waals surface area contributed by atoms with Crippen molar-refractivity contribution in [1.29, 1.82) is 0 Å². The van der Waals surface area contributed by atoms with Crippen molar-refractivity contribution in [1.82, 2.24) is 15.6 Å². The van der Waals surface area contributed by atoms with Gasteiger partial charge in [-0.15, -0.1) is 35.3 Å². The smallest absolute Gasteiger partial charge is 0.191 e. The van der Waals surface area contributed by atoms with Crippen LogP contribution >= 0.6 is 51.2 Å². The molecule has 1 aromatic carbocycles. The highest BCUT2D eigenvalue weighted by atomic mass is 127. The number of guanidine groups is 1. The first-order valence-corrected chi connectivity index (χ1v) is 10.3. The summed E-state index contributed by atoms with van der Waals surface area (Å²) in [5.74, 6) is 0.826. The Morgan fingerprint density at radius 3 is 2.74 bits per heavy atom. The molecule has 1 fully saturated rings. The van der Waals surface area contributed by atoms with Crippen molar-refractivity contribution < 1.29 is 0 Å². The SMILES string of the molecule is CN=C(NCc1csc(N(C)C)n1)NC1CCN(c2ccc(Br)cc2)C1.I. The zero-order valence-electron chi connectivity index (χ0n) is 15.8. The first-order chi connectivity index (χ1) is 12.5. The average molecular weight is 565 g/mol. The molecule has 1 aliphatic rings. The number of nitrogens with one attached hydrogen (secondary N) is 2. The van der Waals surface area contributed by atoms with Gasteiger partial charge < -0.3 is 20.4 Å². The molecule has 9 heteroatoms. The van der Waals surface area contributed by atoms with Crippen LogP contribution in [-0.2, 0) is 6.54 Å². The summed E-state index contributed by atoms with van der Waals surface area (Å²) in [6.07, 6.45) is 1.10. The molecule has 0 saturated carbocycles. The number of hydrogen-bond donors (Lipinski definition) is 2. The van der Waals surface area contributed by atoms with Crippen LogP contribution in [0.2, 0.25) is 0 Å². The Labute approximate surface area is 190 Å². The molecule has 2 heterocycles. The molecule has 1 saturated heterocycles. The second kappa shape index (κ2) is 10.5. The third-order valence-electron chi connectivity index (χ3n) is 4.30. The number of hydrogen-bond acceptors (Lipinski definition) is 5. The van der Waals surface area contributed by atoms with Crippen LogP contribution < -0.4 is 20.4 Å². The normalized spacial score (nSPS) is 16.8. The van der Waals surface area contributed by atoms with Crippen LogP contribution in [0.25, 0.3) is 0 Å². The summed E-state index contributed by atoms with van der Waals surface area (Å²) in [7, 11) is 5.82. The maximum Gasteiger partial charge on any atom is 0.191 e. The molecule has 1 atom stereocenters. The van der Waals surface area contributed by atoms with Crippen molar-refractivity contribution in [2.24, 2.45) is 4.99 Å². The Kier molecular flexibility index (Phi) is 8.62. The van der Waals surface area contributed by atoms with E-state index in [-0.39, 0.29) is 24.0 Å². The molecule has 0 radical (unpaired) electrons. The van der Waals surface area contributed by atoms with E-state index in [9.17, 15) is 0 Å². The number of benzene rings is 1. The van der Waals surface area contributed by atoms with Crippen LogP contribution in [0.1, 0.15) is 12.1 Å². The molecule has 0 bridgehead atoms. The summed E-state index contributed by atoms with van der Waals surface area (Å²) < 4.78 is 1.11. The number of rotatable bonds is 5. The lowest BCUT2D eigenvalue weighted by atomic mass is 10.3. The van der Waals surface area contributed by atoms with Crippen molar-refractivity contribution in [2.45, 2.75) is 19.0 Å². The minimum Gasteiger partial charge on any atom is -0.369 e. The van der Waals surface area contributed by atoms with E-state index in [1.165, 1.54) is 5.69 Å². The van der Waals surface area contributed by atoms with E-state index >= 15 is 0 Å². The monoisotopic (exact) mass is 564 g/mol. The van der Waals surface area contributed by atoms with Gasteiger partial charge in [-0.1, -0.05) is 15.9 Å². The van der Waals surface area contributed by atoms with Crippen LogP contribution in [0.4, 0.5) is 10.8 Å². The van der Waals surface area contributed by atoms with Crippen LogP contribution in [0.5, 0.6) is 0 Å². The minimum absolute atomic E-state index is 0. The number of halogens is 2. The van der Waals surface area contributed by atoms with Gasteiger partial charge in [0.15, 0.2) is 11.1 Å². The predicted molar refractivity (Wildman–Crippen MR) is 130 cm³/mol. The lowest BCUT2D eigenvalue weighted by molar-refractivity contribution is 0.647. The van der Waals surface area contributed by atoms with Crippen LogP contribution in [0, 0.1) is 0 Å². The maximum absolute atomic E-state index is 4.59. The third-order valence-corrected chi connectivity index (χ3v) is 5.89. The first kappa shape index (κ1) is 22.2. The van der Waals surface area contributed by atoms with E-state index in [0.717, 1.165) is 40.8 Å². The number of aromatic nitrogens is 1. The topological polar surface area (TPSA) is 55.8 Å². The molecule has 6 nitrogen and oxygen atoms in total. The zero-order chi connectivity index (χ0) is 18.5. The van der Waals surface area contributed by atoms with Crippen LogP contribution in [-0.4, -0.2) is 51.2 Å².